The lowest BCUT2D eigenvalue weighted by Crippen LogP contribution is -2.11. The molecule has 0 amide bonds. The summed E-state index contributed by atoms with van der Waals surface area (Å²) in [7, 11) is 1.00. The van der Waals surface area contributed by atoms with Crippen LogP contribution in [0.25, 0.3) is 5.57 Å². The zero-order valence-corrected chi connectivity index (χ0v) is 19.8. The van der Waals surface area contributed by atoms with Crippen molar-refractivity contribution in [1.29, 1.82) is 0 Å². The molecule has 2 aliphatic carbocycles. The summed E-state index contributed by atoms with van der Waals surface area (Å²) in [5.74, 6) is 1.73. The molecular weight excluding hydrogens is 416 g/mol. The lowest BCUT2D eigenvalue weighted by molar-refractivity contribution is 0.0697. The highest BCUT2D eigenvalue weighted by Crippen LogP contribution is 2.40. The Balaban J connectivity index is 0.00000187. The molecule has 1 unspecified atom stereocenters. The average molecular weight is 455 g/mol. The number of ether oxygens (including phenoxy) is 1. The third kappa shape index (κ3) is 8.34. The van der Waals surface area contributed by atoms with E-state index in [2.05, 4.69) is 43.4 Å². The summed E-state index contributed by atoms with van der Waals surface area (Å²) in [6.07, 6.45) is 19.4. The Labute approximate surface area is 197 Å². The van der Waals surface area contributed by atoms with Gasteiger partial charge in [0.1, 0.15) is 5.76 Å². The first kappa shape index (κ1) is 26.6. The Hall–Kier alpha value is -2.63. The predicted molar refractivity (Wildman–Crippen MR) is 133 cm³/mol. The van der Waals surface area contributed by atoms with Crippen molar-refractivity contribution in [2.75, 3.05) is 20.3 Å². The van der Waals surface area contributed by atoms with Gasteiger partial charge in [0.25, 0.3) is 0 Å². The lowest BCUT2D eigenvalue weighted by atomic mass is 9.86. The van der Waals surface area contributed by atoms with Crippen LogP contribution in [0.2, 0.25) is 0 Å². The van der Waals surface area contributed by atoms with Crippen LogP contribution in [-0.4, -0.2) is 41.6 Å². The van der Waals surface area contributed by atoms with Gasteiger partial charge in [0.15, 0.2) is 0 Å². The van der Waals surface area contributed by atoms with Crippen LogP contribution in [0.4, 0.5) is 0 Å². The Morgan fingerprint density at radius 1 is 1.18 bits per heavy atom. The van der Waals surface area contributed by atoms with Gasteiger partial charge in [-0.2, -0.15) is 0 Å². The Morgan fingerprint density at radius 3 is 2.67 bits per heavy atom. The number of aromatic carboxylic acids is 1. The molecule has 3 atom stereocenters. The zero-order chi connectivity index (χ0) is 24.1. The molecule has 3 rings (SSSR count). The molecule has 0 aromatic heterocycles. The number of hydrogen-bond acceptors (Lipinski definition) is 4. The number of aliphatic hydroxyl groups is 2. The minimum Gasteiger partial charge on any atom is -0.494 e. The molecule has 33 heavy (non-hydrogen) atoms. The summed E-state index contributed by atoms with van der Waals surface area (Å²) >= 11 is 0. The molecule has 1 saturated carbocycles. The number of carboxylic acids is 1. The van der Waals surface area contributed by atoms with Gasteiger partial charge in [0, 0.05) is 7.11 Å². The molecule has 5 nitrogen and oxygen atoms in total. The fourth-order valence-electron chi connectivity index (χ4n) is 4.57. The Kier molecular flexibility index (Phi) is 11.7. The van der Waals surface area contributed by atoms with Crippen LogP contribution in [0.15, 0.2) is 66.5 Å². The Bertz CT molecular complexity index is 865. The highest BCUT2D eigenvalue weighted by molar-refractivity contribution is 5.89. The predicted octanol–water partition coefficient (Wildman–Crippen LogP) is 5.62. The van der Waals surface area contributed by atoms with Gasteiger partial charge in [-0.05, 0) is 91.7 Å². The third-order valence-electron chi connectivity index (χ3n) is 6.42. The van der Waals surface area contributed by atoms with Crippen molar-refractivity contribution in [2.24, 2.45) is 17.8 Å². The van der Waals surface area contributed by atoms with Gasteiger partial charge in [0.05, 0.1) is 18.8 Å². The van der Waals surface area contributed by atoms with Crippen molar-refractivity contribution < 1.29 is 24.9 Å². The number of carboxylic acid groups (broad SMARTS) is 1. The molecule has 0 spiro atoms. The van der Waals surface area contributed by atoms with Crippen LogP contribution >= 0.6 is 0 Å². The number of rotatable bonds is 10. The van der Waals surface area contributed by atoms with Crippen molar-refractivity contribution in [3.05, 3.63) is 77.6 Å². The van der Waals surface area contributed by atoms with Gasteiger partial charge in [-0.1, -0.05) is 43.4 Å². The first-order chi connectivity index (χ1) is 16.1. The fraction of sp³-hybridized carbons (Fsp3) is 0.464. The second-order valence-corrected chi connectivity index (χ2v) is 8.54. The van der Waals surface area contributed by atoms with Crippen LogP contribution < -0.4 is 0 Å². The second kappa shape index (κ2) is 14.5. The summed E-state index contributed by atoms with van der Waals surface area (Å²) in [4.78, 5) is 11.2. The maximum atomic E-state index is 11.2. The van der Waals surface area contributed by atoms with Crippen LogP contribution in [-0.2, 0) is 4.74 Å². The van der Waals surface area contributed by atoms with Gasteiger partial charge >= 0.3 is 5.97 Å². The molecule has 0 saturated heterocycles. The van der Waals surface area contributed by atoms with E-state index in [0.717, 1.165) is 49.7 Å². The molecule has 0 aliphatic heterocycles. The minimum absolute atomic E-state index is 0.0910. The maximum absolute atomic E-state index is 11.2. The number of allylic oxidation sites excluding steroid dienone is 5. The van der Waals surface area contributed by atoms with Gasteiger partial charge in [0.2, 0.25) is 0 Å². The first-order valence-corrected chi connectivity index (χ1v) is 11.8. The molecule has 0 heterocycles. The topological polar surface area (TPSA) is 87.0 Å². The van der Waals surface area contributed by atoms with Gasteiger partial charge in [-0.25, -0.2) is 4.79 Å². The molecule has 2 aliphatic rings. The molecule has 0 radical (unpaired) electrons. The average Bonchev–Trinajstić information content (AvgIpc) is 3.20. The summed E-state index contributed by atoms with van der Waals surface area (Å²) < 4.78 is 5.81. The fourth-order valence-corrected chi connectivity index (χ4v) is 4.57. The van der Waals surface area contributed by atoms with E-state index in [1.54, 1.807) is 18.2 Å². The highest BCUT2D eigenvalue weighted by Gasteiger charge is 2.30. The van der Waals surface area contributed by atoms with E-state index in [4.69, 9.17) is 9.84 Å². The van der Waals surface area contributed by atoms with E-state index in [9.17, 15) is 15.0 Å². The largest absolute Gasteiger partial charge is 0.494 e. The van der Waals surface area contributed by atoms with Crippen molar-refractivity contribution in [2.45, 2.75) is 45.4 Å². The van der Waals surface area contributed by atoms with Gasteiger partial charge < -0.3 is 20.1 Å². The van der Waals surface area contributed by atoms with E-state index in [1.165, 1.54) is 12.8 Å². The van der Waals surface area contributed by atoms with E-state index < -0.39 is 5.97 Å². The molecule has 1 aromatic carbocycles. The molecule has 1 aromatic rings. The van der Waals surface area contributed by atoms with E-state index in [0.29, 0.717) is 24.4 Å². The zero-order valence-electron chi connectivity index (χ0n) is 19.8. The van der Waals surface area contributed by atoms with E-state index >= 15 is 0 Å². The molecule has 0 bridgehead atoms. The Morgan fingerprint density at radius 2 is 1.97 bits per heavy atom. The van der Waals surface area contributed by atoms with Crippen LogP contribution in [0, 0.1) is 17.8 Å². The standard InChI is InChI=1S/C27H34O4.CH4O/c1-20-13-14-21(8-5-6-17-31-25-11-3-2-4-12-25)26(20)16-15-24(19-28)22-9-7-10-23(18-22)27(29)30;1-2/h3,5,7-12,15,18,20-21,26,28H,2,4,6,13-14,16-17,19H2,1H3,(H,29,30);2H,1H3/b8-5+,24-15+;/t20?,21-,26-;/m0./s1. The van der Waals surface area contributed by atoms with E-state index in [1.807, 2.05) is 6.07 Å². The number of aliphatic hydroxyl groups excluding tert-OH is 2. The molecule has 3 N–H and O–H groups in total. The maximum Gasteiger partial charge on any atom is 0.335 e. The first-order valence-electron chi connectivity index (χ1n) is 11.8. The van der Waals surface area contributed by atoms with E-state index in [-0.39, 0.29) is 12.2 Å². The van der Waals surface area contributed by atoms with Crippen molar-refractivity contribution in [3.63, 3.8) is 0 Å². The monoisotopic (exact) mass is 454 g/mol. The minimum atomic E-state index is -0.950. The van der Waals surface area contributed by atoms with Crippen molar-refractivity contribution >= 4 is 11.5 Å². The quantitative estimate of drug-likeness (QED) is 0.316. The SMILES string of the molecule is CC1CC[C@H](/C=C/CCOC2=CCCC=C2)[C@H]1C/C=C(\CO)c1cccc(C(=O)O)c1.CO. The smallest absolute Gasteiger partial charge is 0.335 e. The number of carbonyl (C=O) groups is 1. The van der Waals surface area contributed by atoms with Crippen LogP contribution in [0.5, 0.6) is 0 Å². The summed E-state index contributed by atoms with van der Waals surface area (Å²) in [5, 5.41) is 26.1. The van der Waals surface area contributed by atoms with Crippen LogP contribution in [0.1, 0.15) is 61.4 Å². The summed E-state index contributed by atoms with van der Waals surface area (Å²) in [5.41, 5.74) is 1.82. The summed E-state index contributed by atoms with van der Waals surface area (Å²) in [6.45, 7) is 2.92. The van der Waals surface area contributed by atoms with Crippen molar-refractivity contribution in [3.8, 4) is 0 Å². The molecule has 180 valence electrons. The van der Waals surface area contributed by atoms with Gasteiger partial charge in [-0.3, -0.25) is 0 Å². The molecule has 1 fully saturated rings. The highest BCUT2D eigenvalue weighted by atomic mass is 16.5. The molecular formula is C28H38O5. The van der Waals surface area contributed by atoms with Crippen LogP contribution in [0.3, 0.4) is 0 Å². The number of benzene rings is 1. The normalized spacial score (nSPS) is 22.6. The second-order valence-electron chi connectivity index (χ2n) is 8.54. The van der Waals surface area contributed by atoms with Gasteiger partial charge in [-0.15, -0.1) is 0 Å². The third-order valence-corrected chi connectivity index (χ3v) is 6.42. The van der Waals surface area contributed by atoms with Crippen molar-refractivity contribution in [1.82, 2.24) is 0 Å². The summed E-state index contributed by atoms with van der Waals surface area (Å²) in [6, 6.07) is 6.80. The lowest BCUT2D eigenvalue weighted by Gasteiger charge is -2.20. The number of hydrogen-bond donors (Lipinski definition) is 3. The molecule has 5 heteroatoms.